The minimum atomic E-state index is 0.187. The van der Waals surface area contributed by atoms with E-state index < -0.39 is 0 Å². The molecular formula is C17H20ClNS. The van der Waals surface area contributed by atoms with E-state index in [1.807, 2.05) is 23.9 Å². The predicted octanol–water partition coefficient (Wildman–Crippen LogP) is 4.83. The molecule has 2 rings (SSSR count). The molecule has 0 radical (unpaired) electrons. The van der Waals surface area contributed by atoms with Gasteiger partial charge in [-0.15, -0.1) is 11.8 Å². The van der Waals surface area contributed by atoms with Gasteiger partial charge in [0.1, 0.15) is 0 Å². The molecule has 0 aliphatic carbocycles. The maximum atomic E-state index is 5.94. The van der Waals surface area contributed by atoms with Crippen molar-refractivity contribution in [3.05, 3.63) is 64.2 Å². The molecular weight excluding hydrogens is 286 g/mol. The first-order valence-electron chi connectivity index (χ1n) is 6.77. The van der Waals surface area contributed by atoms with Gasteiger partial charge >= 0.3 is 0 Å². The van der Waals surface area contributed by atoms with Gasteiger partial charge < -0.3 is 5.73 Å². The third-order valence-electron chi connectivity index (χ3n) is 3.07. The molecule has 3 heteroatoms. The van der Waals surface area contributed by atoms with Crippen LogP contribution in [0.25, 0.3) is 0 Å². The van der Waals surface area contributed by atoms with Crippen LogP contribution < -0.4 is 5.73 Å². The first kappa shape index (κ1) is 15.4. The first-order valence-corrected chi connectivity index (χ1v) is 8.13. The fraction of sp³-hybridized carbons (Fsp3) is 0.294. The van der Waals surface area contributed by atoms with Gasteiger partial charge in [0.05, 0.1) is 0 Å². The van der Waals surface area contributed by atoms with Crippen molar-refractivity contribution < 1.29 is 0 Å². The molecule has 0 saturated carbocycles. The van der Waals surface area contributed by atoms with Crippen molar-refractivity contribution in [1.29, 1.82) is 0 Å². The van der Waals surface area contributed by atoms with Crippen LogP contribution in [0.4, 0.5) is 0 Å². The molecule has 1 nitrogen and oxygen atoms in total. The van der Waals surface area contributed by atoms with Crippen LogP contribution in [-0.4, -0.2) is 6.04 Å². The Bertz CT molecular complexity index is 564. The van der Waals surface area contributed by atoms with Crippen molar-refractivity contribution in [3.63, 3.8) is 0 Å². The maximum absolute atomic E-state index is 5.94. The van der Waals surface area contributed by atoms with Crippen molar-refractivity contribution in [1.82, 2.24) is 0 Å². The Balaban J connectivity index is 2.10. The fourth-order valence-corrected chi connectivity index (χ4v) is 3.23. The summed E-state index contributed by atoms with van der Waals surface area (Å²) in [6, 6.07) is 14.8. The Kier molecular flexibility index (Phi) is 5.53. The van der Waals surface area contributed by atoms with Crippen molar-refractivity contribution in [2.24, 2.45) is 5.73 Å². The van der Waals surface area contributed by atoms with Crippen LogP contribution in [0.5, 0.6) is 0 Å². The lowest BCUT2D eigenvalue weighted by atomic mass is 10.1. The van der Waals surface area contributed by atoms with Crippen LogP contribution in [0.3, 0.4) is 0 Å². The molecule has 0 spiro atoms. The molecule has 0 fully saturated rings. The van der Waals surface area contributed by atoms with Gasteiger partial charge in [-0.3, -0.25) is 0 Å². The number of hydrogen-bond acceptors (Lipinski definition) is 2. The summed E-state index contributed by atoms with van der Waals surface area (Å²) in [5.41, 5.74) is 9.86. The lowest BCUT2D eigenvalue weighted by Gasteiger charge is -2.12. The lowest BCUT2D eigenvalue weighted by molar-refractivity contribution is 0.729. The van der Waals surface area contributed by atoms with Gasteiger partial charge in [-0.25, -0.2) is 0 Å². The number of rotatable bonds is 5. The average molecular weight is 306 g/mol. The van der Waals surface area contributed by atoms with Crippen molar-refractivity contribution in [2.75, 3.05) is 0 Å². The van der Waals surface area contributed by atoms with Crippen molar-refractivity contribution in [2.45, 2.75) is 37.0 Å². The summed E-state index contributed by atoms with van der Waals surface area (Å²) in [4.78, 5) is 1.32. The highest BCUT2D eigenvalue weighted by molar-refractivity contribution is 7.98. The molecule has 0 heterocycles. The highest BCUT2D eigenvalue weighted by Crippen LogP contribution is 2.28. The standard InChI is InChI=1S/C17H20ClNS/c1-12-3-8-17(15(9-12)10-13(2)19)20-11-14-4-6-16(18)7-5-14/h3-9,13H,10-11,19H2,1-2H3. The number of benzene rings is 2. The van der Waals surface area contributed by atoms with Gasteiger partial charge in [-0.05, 0) is 49.6 Å². The Morgan fingerprint density at radius 1 is 1.15 bits per heavy atom. The van der Waals surface area contributed by atoms with Crippen LogP contribution in [-0.2, 0) is 12.2 Å². The molecule has 0 bridgehead atoms. The highest BCUT2D eigenvalue weighted by Gasteiger charge is 2.06. The zero-order valence-electron chi connectivity index (χ0n) is 11.9. The van der Waals surface area contributed by atoms with E-state index in [-0.39, 0.29) is 6.04 Å². The second kappa shape index (κ2) is 7.16. The third kappa shape index (κ3) is 4.55. The monoisotopic (exact) mass is 305 g/mol. The van der Waals surface area contributed by atoms with E-state index in [9.17, 15) is 0 Å². The van der Waals surface area contributed by atoms with E-state index in [4.69, 9.17) is 17.3 Å². The summed E-state index contributed by atoms with van der Waals surface area (Å²) < 4.78 is 0. The lowest BCUT2D eigenvalue weighted by Crippen LogP contribution is -2.18. The van der Waals surface area contributed by atoms with E-state index in [0.29, 0.717) is 0 Å². The highest BCUT2D eigenvalue weighted by atomic mass is 35.5. The average Bonchev–Trinajstić information content (AvgIpc) is 2.39. The zero-order valence-corrected chi connectivity index (χ0v) is 13.5. The summed E-state index contributed by atoms with van der Waals surface area (Å²) in [5, 5.41) is 0.784. The predicted molar refractivity (Wildman–Crippen MR) is 89.5 cm³/mol. The van der Waals surface area contributed by atoms with Gasteiger partial charge in [-0.1, -0.05) is 41.4 Å². The summed E-state index contributed by atoms with van der Waals surface area (Å²) in [5.74, 6) is 0.951. The molecule has 0 aliphatic heterocycles. The van der Waals surface area contributed by atoms with Gasteiger partial charge in [0, 0.05) is 21.7 Å². The number of halogens is 1. The molecule has 0 aromatic heterocycles. The second-order valence-corrected chi connectivity index (χ2v) is 6.66. The summed E-state index contributed by atoms with van der Waals surface area (Å²) in [6.45, 7) is 4.17. The smallest absolute Gasteiger partial charge is 0.0406 e. The fourth-order valence-electron chi connectivity index (χ4n) is 2.10. The maximum Gasteiger partial charge on any atom is 0.0406 e. The number of aryl methyl sites for hydroxylation is 1. The van der Waals surface area contributed by atoms with Crippen LogP contribution in [0.15, 0.2) is 47.4 Å². The van der Waals surface area contributed by atoms with Crippen LogP contribution in [0.1, 0.15) is 23.6 Å². The van der Waals surface area contributed by atoms with E-state index in [0.717, 1.165) is 17.2 Å². The number of thioether (sulfide) groups is 1. The number of nitrogens with two attached hydrogens (primary N) is 1. The summed E-state index contributed by atoms with van der Waals surface area (Å²) in [7, 11) is 0. The quantitative estimate of drug-likeness (QED) is 0.801. The van der Waals surface area contributed by atoms with E-state index in [1.165, 1.54) is 21.6 Å². The van der Waals surface area contributed by atoms with Crippen LogP contribution in [0.2, 0.25) is 5.02 Å². The molecule has 0 amide bonds. The van der Waals surface area contributed by atoms with E-state index in [1.54, 1.807) is 0 Å². The second-order valence-electron chi connectivity index (χ2n) is 5.21. The van der Waals surface area contributed by atoms with Gasteiger partial charge in [0.2, 0.25) is 0 Å². The van der Waals surface area contributed by atoms with Crippen molar-refractivity contribution >= 4 is 23.4 Å². The first-order chi connectivity index (χ1) is 9.54. The normalized spacial score (nSPS) is 12.4. The summed E-state index contributed by atoms with van der Waals surface area (Å²) >= 11 is 7.77. The zero-order chi connectivity index (χ0) is 14.5. The topological polar surface area (TPSA) is 26.0 Å². The molecule has 1 atom stereocenters. The van der Waals surface area contributed by atoms with E-state index >= 15 is 0 Å². The van der Waals surface area contributed by atoms with Crippen molar-refractivity contribution in [3.8, 4) is 0 Å². The Morgan fingerprint density at radius 2 is 1.85 bits per heavy atom. The van der Waals surface area contributed by atoms with Gasteiger partial charge in [0.25, 0.3) is 0 Å². The minimum absolute atomic E-state index is 0.187. The molecule has 0 aliphatic rings. The number of hydrogen-bond donors (Lipinski definition) is 1. The SMILES string of the molecule is Cc1ccc(SCc2ccc(Cl)cc2)c(CC(C)N)c1. The Morgan fingerprint density at radius 3 is 2.50 bits per heavy atom. The molecule has 0 saturated heterocycles. The largest absolute Gasteiger partial charge is 0.328 e. The molecule has 2 N–H and O–H groups in total. The van der Waals surface area contributed by atoms with Crippen LogP contribution in [0, 0.1) is 6.92 Å². The molecule has 1 unspecified atom stereocenters. The van der Waals surface area contributed by atoms with Crippen LogP contribution >= 0.6 is 23.4 Å². The third-order valence-corrected chi connectivity index (χ3v) is 4.50. The molecule has 20 heavy (non-hydrogen) atoms. The van der Waals surface area contributed by atoms with Gasteiger partial charge in [0.15, 0.2) is 0 Å². The Labute approximate surface area is 130 Å². The molecule has 2 aromatic rings. The molecule has 106 valence electrons. The summed E-state index contributed by atoms with van der Waals surface area (Å²) in [6.07, 6.45) is 0.921. The van der Waals surface area contributed by atoms with E-state index in [2.05, 4.69) is 44.2 Å². The van der Waals surface area contributed by atoms with Gasteiger partial charge in [-0.2, -0.15) is 0 Å². The molecule has 2 aromatic carbocycles. The minimum Gasteiger partial charge on any atom is -0.328 e. The Hall–Kier alpha value is -0.960.